The molecule has 6 nitrogen and oxygen atoms in total. The molecule has 478 valence electrons. The molecule has 6 heteroatoms. The molecule has 0 rings (SSSR count). The zero-order chi connectivity index (χ0) is 59.2. The van der Waals surface area contributed by atoms with Crippen LogP contribution >= 0.6 is 0 Å². The molecular weight excluding hydrogens is 1010 g/mol. The first-order chi connectivity index (χ1) is 40.5. The van der Waals surface area contributed by atoms with Crippen LogP contribution in [0.25, 0.3) is 0 Å². The molecule has 82 heavy (non-hydrogen) atoms. The van der Waals surface area contributed by atoms with Crippen LogP contribution in [0.15, 0.2) is 60.8 Å². The minimum absolute atomic E-state index is 0.0744. The summed E-state index contributed by atoms with van der Waals surface area (Å²) in [6.07, 6.45) is 91.0. The van der Waals surface area contributed by atoms with Crippen LogP contribution in [-0.2, 0) is 28.6 Å². The molecule has 0 radical (unpaired) electrons. The van der Waals surface area contributed by atoms with Gasteiger partial charge in [-0.25, -0.2) is 0 Å². The van der Waals surface area contributed by atoms with Crippen LogP contribution in [0.3, 0.4) is 0 Å². The van der Waals surface area contributed by atoms with Gasteiger partial charge in [-0.2, -0.15) is 0 Å². The Labute approximate surface area is 510 Å². The van der Waals surface area contributed by atoms with Crippen molar-refractivity contribution >= 4 is 17.9 Å². The Balaban J connectivity index is 4.30. The first-order valence-electron chi connectivity index (χ1n) is 36.3. The van der Waals surface area contributed by atoms with E-state index in [9.17, 15) is 14.4 Å². The zero-order valence-corrected chi connectivity index (χ0v) is 55.0. The number of rotatable bonds is 67. The van der Waals surface area contributed by atoms with Gasteiger partial charge in [0, 0.05) is 19.3 Å². The van der Waals surface area contributed by atoms with E-state index in [0.29, 0.717) is 19.3 Å². The molecule has 0 saturated heterocycles. The highest BCUT2D eigenvalue weighted by molar-refractivity contribution is 5.71. The van der Waals surface area contributed by atoms with Crippen molar-refractivity contribution in [3.05, 3.63) is 60.8 Å². The third kappa shape index (κ3) is 67.9. The summed E-state index contributed by atoms with van der Waals surface area (Å²) in [5.74, 6) is -0.860. The molecule has 0 aliphatic heterocycles. The van der Waals surface area contributed by atoms with Gasteiger partial charge in [0.05, 0.1) is 0 Å². The number of esters is 3. The van der Waals surface area contributed by atoms with Gasteiger partial charge >= 0.3 is 17.9 Å². The van der Waals surface area contributed by atoms with Gasteiger partial charge in [-0.05, 0) is 109 Å². The molecule has 0 aromatic rings. The molecule has 0 saturated carbocycles. The van der Waals surface area contributed by atoms with Crippen LogP contribution in [0.2, 0.25) is 0 Å². The van der Waals surface area contributed by atoms with E-state index in [1.54, 1.807) is 0 Å². The molecule has 0 N–H and O–H groups in total. The molecule has 0 heterocycles. The number of allylic oxidation sites excluding steroid dienone is 10. The summed E-state index contributed by atoms with van der Waals surface area (Å²) in [6, 6.07) is 0. The van der Waals surface area contributed by atoms with Crippen molar-refractivity contribution in [3.63, 3.8) is 0 Å². The first-order valence-corrected chi connectivity index (χ1v) is 36.3. The van der Waals surface area contributed by atoms with Crippen LogP contribution in [0.5, 0.6) is 0 Å². The summed E-state index contributed by atoms with van der Waals surface area (Å²) in [6.45, 7) is 6.66. The maximum atomic E-state index is 13.0. The quantitative estimate of drug-likeness (QED) is 0.0261. The minimum Gasteiger partial charge on any atom is -0.462 e. The Morgan fingerprint density at radius 1 is 0.244 bits per heavy atom. The molecule has 0 fully saturated rings. The van der Waals surface area contributed by atoms with Gasteiger partial charge in [-0.3, -0.25) is 14.4 Å². The zero-order valence-electron chi connectivity index (χ0n) is 55.0. The van der Waals surface area contributed by atoms with Gasteiger partial charge < -0.3 is 14.2 Å². The number of carbonyl (C=O) groups is 3. The van der Waals surface area contributed by atoms with E-state index in [0.717, 1.165) is 77.0 Å². The molecule has 1 unspecified atom stereocenters. The fraction of sp³-hybridized carbons (Fsp3) is 0.829. The predicted octanol–water partition coefficient (Wildman–Crippen LogP) is 25.1. The van der Waals surface area contributed by atoms with E-state index in [-0.39, 0.29) is 31.1 Å². The number of hydrogen-bond donors (Lipinski definition) is 0. The maximum absolute atomic E-state index is 13.0. The summed E-state index contributed by atoms with van der Waals surface area (Å²) >= 11 is 0. The standard InChI is InChI=1S/C76H138O6/c1-4-7-10-13-16-19-22-25-28-31-34-35-36-37-38-39-40-41-43-45-48-51-54-57-60-63-66-69-75(78)81-72-73(71-80-74(77)68-65-62-59-56-53-50-47-44-33-30-27-24-21-18-15-12-9-6-3)82-76(79)70-67-64-61-58-55-52-49-46-42-32-29-26-23-20-17-14-11-8-5-2/h21-22,24-26,29-31,33-34,73H,4-20,23,27-28,32,35-72H2,1-3H3/b24-21-,25-22-,29-26-,33-30-,34-31-. The average Bonchev–Trinajstić information content (AvgIpc) is 3.47. The minimum atomic E-state index is -0.780. The fourth-order valence-corrected chi connectivity index (χ4v) is 10.7. The van der Waals surface area contributed by atoms with Gasteiger partial charge in [0.15, 0.2) is 6.10 Å². The smallest absolute Gasteiger partial charge is 0.306 e. The molecule has 0 aromatic carbocycles. The monoisotopic (exact) mass is 1150 g/mol. The Bertz CT molecular complexity index is 1460. The van der Waals surface area contributed by atoms with Crippen LogP contribution in [-0.4, -0.2) is 37.2 Å². The largest absolute Gasteiger partial charge is 0.462 e. The second-order valence-electron chi connectivity index (χ2n) is 24.5. The van der Waals surface area contributed by atoms with E-state index >= 15 is 0 Å². The molecule has 0 aromatic heterocycles. The topological polar surface area (TPSA) is 78.9 Å². The lowest BCUT2D eigenvalue weighted by atomic mass is 10.0. The Hall–Kier alpha value is -2.89. The Kier molecular flexibility index (Phi) is 68.1. The molecule has 0 aliphatic rings. The third-order valence-corrected chi connectivity index (χ3v) is 16.2. The van der Waals surface area contributed by atoms with E-state index in [4.69, 9.17) is 14.2 Å². The summed E-state index contributed by atoms with van der Waals surface area (Å²) < 4.78 is 17.0. The second kappa shape index (κ2) is 70.6. The number of hydrogen-bond acceptors (Lipinski definition) is 6. The summed E-state index contributed by atoms with van der Waals surface area (Å²) in [7, 11) is 0. The van der Waals surface area contributed by atoms with Crippen molar-refractivity contribution in [3.8, 4) is 0 Å². The van der Waals surface area contributed by atoms with Crippen LogP contribution in [0.4, 0.5) is 0 Å². The van der Waals surface area contributed by atoms with Gasteiger partial charge in [0.2, 0.25) is 0 Å². The van der Waals surface area contributed by atoms with Crippen molar-refractivity contribution in [1.82, 2.24) is 0 Å². The molecule has 0 aliphatic carbocycles. The van der Waals surface area contributed by atoms with E-state index in [1.807, 2.05) is 0 Å². The van der Waals surface area contributed by atoms with Gasteiger partial charge in [0.1, 0.15) is 13.2 Å². The van der Waals surface area contributed by atoms with Crippen molar-refractivity contribution < 1.29 is 28.6 Å². The van der Waals surface area contributed by atoms with E-state index < -0.39 is 6.10 Å². The van der Waals surface area contributed by atoms with E-state index in [2.05, 4.69) is 81.5 Å². The lowest BCUT2D eigenvalue weighted by molar-refractivity contribution is -0.167. The number of carbonyl (C=O) groups excluding carboxylic acids is 3. The maximum Gasteiger partial charge on any atom is 0.306 e. The predicted molar refractivity (Wildman–Crippen MR) is 358 cm³/mol. The Morgan fingerprint density at radius 2 is 0.439 bits per heavy atom. The lowest BCUT2D eigenvalue weighted by Crippen LogP contribution is -2.30. The average molecular weight is 1150 g/mol. The van der Waals surface area contributed by atoms with Gasteiger partial charge in [-0.1, -0.05) is 319 Å². The SMILES string of the molecule is CCCCCC/C=C\C/C=C\CCCCCCCCCC(=O)OCC(COC(=O)CCCCCCCCCCCCCCCCC/C=C\C/C=C\CCCCCCC)OC(=O)CCCCCCCCCCC/C=C\CCCCCCCC. The van der Waals surface area contributed by atoms with Crippen molar-refractivity contribution in [2.24, 2.45) is 0 Å². The highest BCUT2D eigenvalue weighted by atomic mass is 16.6. The molecule has 0 bridgehead atoms. The van der Waals surface area contributed by atoms with Crippen LogP contribution in [0.1, 0.15) is 387 Å². The van der Waals surface area contributed by atoms with Gasteiger partial charge in [-0.15, -0.1) is 0 Å². The molecular formula is C76H138O6. The summed E-state index contributed by atoms with van der Waals surface area (Å²) in [5, 5.41) is 0. The fourth-order valence-electron chi connectivity index (χ4n) is 10.7. The third-order valence-electron chi connectivity index (χ3n) is 16.2. The molecule has 1 atom stereocenters. The van der Waals surface area contributed by atoms with Crippen LogP contribution in [0, 0.1) is 0 Å². The van der Waals surface area contributed by atoms with Crippen molar-refractivity contribution in [2.45, 2.75) is 393 Å². The highest BCUT2D eigenvalue weighted by Gasteiger charge is 2.19. The number of ether oxygens (including phenoxy) is 3. The molecule has 0 spiro atoms. The van der Waals surface area contributed by atoms with Gasteiger partial charge in [0.25, 0.3) is 0 Å². The number of unbranched alkanes of at least 4 members (excludes halogenated alkanes) is 46. The Morgan fingerprint density at radius 3 is 0.695 bits per heavy atom. The summed E-state index contributed by atoms with van der Waals surface area (Å²) in [5.41, 5.74) is 0. The first kappa shape index (κ1) is 79.1. The highest BCUT2D eigenvalue weighted by Crippen LogP contribution is 2.18. The molecule has 0 amide bonds. The second-order valence-corrected chi connectivity index (χ2v) is 24.5. The van der Waals surface area contributed by atoms with Crippen molar-refractivity contribution in [2.75, 3.05) is 13.2 Å². The normalized spacial score (nSPS) is 12.4. The van der Waals surface area contributed by atoms with Crippen molar-refractivity contribution in [1.29, 1.82) is 0 Å². The lowest BCUT2D eigenvalue weighted by Gasteiger charge is -2.18. The van der Waals surface area contributed by atoms with Crippen LogP contribution < -0.4 is 0 Å². The summed E-state index contributed by atoms with van der Waals surface area (Å²) in [4.78, 5) is 38.5. The van der Waals surface area contributed by atoms with E-state index in [1.165, 1.54) is 270 Å².